The Balaban J connectivity index is 2.88. The smallest absolute Gasteiger partial charge is 0.123 e. The van der Waals surface area contributed by atoms with E-state index in [1.165, 1.54) is 6.20 Å². The summed E-state index contributed by atoms with van der Waals surface area (Å²) in [6.07, 6.45) is 7.72. The second kappa shape index (κ2) is 4.25. The zero-order valence-corrected chi connectivity index (χ0v) is 7.10. The predicted molar refractivity (Wildman–Crippen MR) is 52.8 cm³/mol. The van der Waals surface area contributed by atoms with Gasteiger partial charge in [0.25, 0.3) is 0 Å². The van der Waals surface area contributed by atoms with Gasteiger partial charge in [0.15, 0.2) is 0 Å². The molecule has 68 valence electrons. The molecule has 0 aliphatic carbocycles. The number of hydrogen-bond acceptors (Lipinski definition) is 4. The third-order valence-electron chi connectivity index (χ3n) is 1.58. The zero-order valence-electron chi connectivity index (χ0n) is 7.10. The van der Waals surface area contributed by atoms with Gasteiger partial charge in [-0.2, -0.15) is 0 Å². The van der Waals surface area contributed by atoms with Crippen LogP contribution in [0.4, 0.5) is 11.4 Å². The van der Waals surface area contributed by atoms with Gasteiger partial charge in [0.2, 0.25) is 0 Å². The summed E-state index contributed by atoms with van der Waals surface area (Å²) >= 11 is 0. The monoisotopic (exact) mass is 177 g/mol. The Labute approximate surface area is 76.3 Å². The van der Waals surface area contributed by atoms with Crippen LogP contribution in [0.1, 0.15) is 12.0 Å². The van der Waals surface area contributed by atoms with Crippen molar-refractivity contribution in [1.82, 2.24) is 4.98 Å². The fourth-order valence-electron chi connectivity index (χ4n) is 0.887. The van der Waals surface area contributed by atoms with Crippen LogP contribution in [-0.4, -0.2) is 11.3 Å². The van der Waals surface area contributed by atoms with Crippen molar-refractivity contribution in [3.63, 3.8) is 0 Å². The summed E-state index contributed by atoms with van der Waals surface area (Å²) in [5.41, 5.74) is 12.9. The second-order valence-electron chi connectivity index (χ2n) is 2.54. The molecule has 0 saturated carbocycles. The summed E-state index contributed by atoms with van der Waals surface area (Å²) < 4.78 is 0. The van der Waals surface area contributed by atoms with Crippen LogP contribution < -0.4 is 11.5 Å². The first kappa shape index (κ1) is 9.25. The molecular weight excluding hydrogens is 166 g/mol. The zero-order chi connectivity index (χ0) is 9.68. The Kier molecular flexibility index (Phi) is 3.03. The van der Waals surface area contributed by atoms with E-state index >= 15 is 0 Å². The molecule has 4 N–H and O–H groups in total. The summed E-state index contributed by atoms with van der Waals surface area (Å²) in [6.45, 7) is 0. The fourth-order valence-corrected chi connectivity index (χ4v) is 0.887. The Hall–Kier alpha value is -1.84. The summed E-state index contributed by atoms with van der Waals surface area (Å²) in [6, 6.07) is 0. The molecule has 13 heavy (non-hydrogen) atoms. The number of rotatable bonds is 3. The number of hydrogen-bond donors (Lipinski definition) is 2. The number of carbonyl (C=O) groups is 1. The van der Waals surface area contributed by atoms with Crippen molar-refractivity contribution in [3.05, 3.63) is 24.0 Å². The van der Waals surface area contributed by atoms with E-state index in [9.17, 15) is 4.79 Å². The highest BCUT2D eigenvalue weighted by molar-refractivity contribution is 5.74. The molecule has 4 nitrogen and oxygen atoms in total. The number of allylic oxidation sites excluding steroid dienone is 1. The van der Waals surface area contributed by atoms with Crippen LogP contribution in [0.5, 0.6) is 0 Å². The van der Waals surface area contributed by atoms with Gasteiger partial charge in [-0.3, -0.25) is 4.98 Å². The van der Waals surface area contributed by atoms with Crippen LogP contribution >= 0.6 is 0 Å². The van der Waals surface area contributed by atoms with E-state index in [0.29, 0.717) is 17.8 Å². The minimum atomic E-state index is 0.369. The molecule has 0 aliphatic rings. The Bertz CT molecular complexity index is 334. The van der Waals surface area contributed by atoms with Crippen LogP contribution in [0.3, 0.4) is 0 Å². The largest absolute Gasteiger partial charge is 0.396 e. The van der Waals surface area contributed by atoms with Crippen molar-refractivity contribution in [3.8, 4) is 0 Å². The number of nitrogen functional groups attached to an aromatic ring is 2. The lowest BCUT2D eigenvalue weighted by Crippen LogP contribution is -1.97. The SMILES string of the molecule is Nc1cncc(C=CCC=O)c1N. The van der Waals surface area contributed by atoms with Gasteiger partial charge in [-0.25, -0.2) is 0 Å². The second-order valence-corrected chi connectivity index (χ2v) is 2.54. The molecule has 1 heterocycles. The molecule has 0 amide bonds. The Morgan fingerprint density at radius 1 is 1.38 bits per heavy atom. The average molecular weight is 177 g/mol. The summed E-state index contributed by atoms with van der Waals surface area (Å²) in [5, 5.41) is 0. The van der Waals surface area contributed by atoms with Crippen molar-refractivity contribution in [2.24, 2.45) is 0 Å². The number of anilines is 2. The van der Waals surface area contributed by atoms with E-state index in [1.54, 1.807) is 18.3 Å². The van der Waals surface area contributed by atoms with Gasteiger partial charge in [-0.1, -0.05) is 12.2 Å². The van der Waals surface area contributed by atoms with E-state index in [4.69, 9.17) is 11.5 Å². The highest BCUT2D eigenvalue weighted by Gasteiger charge is 1.98. The van der Waals surface area contributed by atoms with Crippen LogP contribution in [0.2, 0.25) is 0 Å². The van der Waals surface area contributed by atoms with Crippen LogP contribution in [0, 0.1) is 0 Å². The van der Waals surface area contributed by atoms with Crippen molar-refractivity contribution < 1.29 is 4.79 Å². The van der Waals surface area contributed by atoms with E-state index < -0.39 is 0 Å². The van der Waals surface area contributed by atoms with E-state index in [1.807, 2.05) is 0 Å². The number of aromatic nitrogens is 1. The van der Waals surface area contributed by atoms with E-state index in [2.05, 4.69) is 4.98 Å². The lowest BCUT2D eigenvalue weighted by Gasteiger charge is -2.01. The van der Waals surface area contributed by atoms with Crippen molar-refractivity contribution >= 4 is 23.7 Å². The topological polar surface area (TPSA) is 82.0 Å². The maximum absolute atomic E-state index is 10.0. The standard InChI is InChI=1S/C9H11N3O/c10-8-6-12-5-7(9(8)11)3-1-2-4-13/h1,3-6H,2,10H2,(H2,11,12). The van der Waals surface area contributed by atoms with Crippen LogP contribution in [0.25, 0.3) is 6.08 Å². The van der Waals surface area contributed by atoms with Gasteiger partial charge < -0.3 is 16.3 Å². The Morgan fingerprint density at radius 2 is 2.15 bits per heavy atom. The maximum atomic E-state index is 10.0. The van der Waals surface area contributed by atoms with Gasteiger partial charge in [-0.15, -0.1) is 0 Å². The third kappa shape index (κ3) is 2.30. The quantitative estimate of drug-likeness (QED) is 0.670. The molecule has 1 aromatic heterocycles. The van der Waals surface area contributed by atoms with Gasteiger partial charge >= 0.3 is 0 Å². The number of aldehydes is 1. The molecule has 0 unspecified atom stereocenters. The third-order valence-corrected chi connectivity index (χ3v) is 1.58. The first-order valence-corrected chi connectivity index (χ1v) is 3.85. The van der Waals surface area contributed by atoms with Crippen molar-refractivity contribution in [2.75, 3.05) is 11.5 Å². The van der Waals surface area contributed by atoms with Crippen LogP contribution in [0.15, 0.2) is 18.5 Å². The number of nitrogens with two attached hydrogens (primary N) is 2. The van der Waals surface area contributed by atoms with Gasteiger partial charge in [-0.05, 0) is 0 Å². The molecule has 0 aliphatic heterocycles. The molecule has 0 fully saturated rings. The lowest BCUT2D eigenvalue weighted by atomic mass is 10.2. The highest BCUT2D eigenvalue weighted by Crippen LogP contribution is 2.18. The molecule has 0 atom stereocenters. The minimum Gasteiger partial charge on any atom is -0.396 e. The molecule has 0 aromatic carbocycles. The number of nitrogens with zero attached hydrogens (tertiary/aromatic N) is 1. The molecule has 4 heteroatoms. The summed E-state index contributed by atoms with van der Waals surface area (Å²) in [7, 11) is 0. The summed E-state index contributed by atoms with van der Waals surface area (Å²) in [4.78, 5) is 13.9. The normalized spacial score (nSPS) is 10.5. The predicted octanol–water partition coefficient (Wildman–Crippen LogP) is 0.848. The number of carbonyl (C=O) groups excluding carboxylic acids is 1. The maximum Gasteiger partial charge on any atom is 0.123 e. The van der Waals surface area contributed by atoms with Crippen LogP contribution in [-0.2, 0) is 4.79 Å². The summed E-state index contributed by atoms with van der Waals surface area (Å²) in [5.74, 6) is 0. The minimum absolute atomic E-state index is 0.369. The van der Waals surface area contributed by atoms with Gasteiger partial charge in [0.05, 0.1) is 17.6 Å². The molecule has 0 spiro atoms. The number of pyridine rings is 1. The molecule has 1 aromatic rings. The molecule has 0 saturated heterocycles. The van der Waals surface area contributed by atoms with E-state index in [0.717, 1.165) is 11.8 Å². The van der Waals surface area contributed by atoms with Crippen molar-refractivity contribution in [1.29, 1.82) is 0 Å². The Morgan fingerprint density at radius 3 is 2.85 bits per heavy atom. The van der Waals surface area contributed by atoms with Gasteiger partial charge in [0.1, 0.15) is 6.29 Å². The van der Waals surface area contributed by atoms with E-state index in [-0.39, 0.29) is 0 Å². The van der Waals surface area contributed by atoms with Crippen molar-refractivity contribution in [2.45, 2.75) is 6.42 Å². The average Bonchev–Trinajstić information content (AvgIpc) is 2.13. The highest BCUT2D eigenvalue weighted by atomic mass is 16.1. The lowest BCUT2D eigenvalue weighted by molar-refractivity contribution is -0.107. The molecule has 0 bridgehead atoms. The fraction of sp³-hybridized carbons (Fsp3) is 0.111. The molecular formula is C9H11N3O. The first-order valence-electron chi connectivity index (χ1n) is 3.85. The molecule has 1 rings (SSSR count). The first-order chi connectivity index (χ1) is 6.25. The molecule has 0 radical (unpaired) electrons. The van der Waals surface area contributed by atoms with Gasteiger partial charge in [0, 0.05) is 18.2 Å².